The number of carbonyl (C=O) groups excluding carboxylic acids is 1. The molecule has 0 aliphatic rings. The van der Waals surface area contributed by atoms with Crippen molar-refractivity contribution in [2.75, 3.05) is 19.8 Å². The zero-order valence-corrected chi connectivity index (χ0v) is 33.2. The molecule has 0 aliphatic heterocycles. The lowest BCUT2D eigenvalue weighted by molar-refractivity contribution is -0.122. The molecule has 0 aliphatic carbocycles. The van der Waals surface area contributed by atoms with Crippen LogP contribution >= 0.6 is 7.82 Å². The minimum atomic E-state index is -4.36. The van der Waals surface area contributed by atoms with Crippen LogP contribution in [0.1, 0.15) is 155 Å². The van der Waals surface area contributed by atoms with Gasteiger partial charge in [0.2, 0.25) is 5.91 Å². The van der Waals surface area contributed by atoms with E-state index in [4.69, 9.17) is 14.8 Å². The van der Waals surface area contributed by atoms with E-state index >= 15 is 0 Å². The third kappa shape index (κ3) is 36.1. The van der Waals surface area contributed by atoms with E-state index in [9.17, 15) is 19.4 Å². The first-order chi connectivity index (χ1) is 24.9. The Kier molecular flexibility index (Phi) is 36.2. The first kappa shape index (κ1) is 48.9. The van der Waals surface area contributed by atoms with Gasteiger partial charge in [0.1, 0.15) is 0 Å². The summed E-state index contributed by atoms with van der Waals surface area (Å²) < 4.78 is 22.0. The highest BCUT2D eigenvalue weighted by atomic mass is 31.2. The number of rotatable bonds is 36. The van der Waals surface area contributed by atoms with E-state index < -0.39 is 20.0 Å². The standard InChI is InChI=1S/C42H75N2O6P/c1-3-5-7-9-11-13-15-17-19-20-22-23-25-27-29-31-33-35-41(45)40(39-50-51(47,48)49-38-37-43)44-42(46)36-34-32-30-28-26-24-21-18-16-14-12-10-8-6-4-2/h6,8,12,14,18,21,26,28,32-35,40-41,45H,3-5,7,9-11,13,15-17,19-20,22-25,27,29-31,36-39,43H2,1-2H3,(H,44,46)(H,47,48)/b8-6-,14-12-,21-18-,28-26-,34-32-,35-33+. The van der Waals surface area contributed by atoms with Crippen molar-refractivity contribution in [1.29, 1.82) is 0 Å². The molecule has 51 heavy (non-hydrogen) atoms. The van der Waals surface area contributed by atoms with Crippen LogP contribution in [0.3, 0.4) is 0 Å². The van der Waals surface area contributed by atoms with Crippen molar-refractivity contribution in [2.45, 2.75) is 167 Å². The molecule has 0 aromatic heterocycles. The van der Waals surface area contributed by atoms with Crippen LogP contribution < -0.4 is 11.1 Å². The molecule has 0 aromatic carbocycles. The van der Waals surface area contributed by atoms with E-state index in [0.717, 1.165) is 44.9 Å². The summed E-state index contributed by atoms with van der Waals surface area (Å²) in [6, 6.07) is -0.917. The van der Waals surface area contributed by atoms with Crippen molar-refractivity contribution in [3.8, 4) is 0 Å². The fourth-order valence-electron chi connectivity index (χ4n) is 5.32. The fraction of sp³-hybridized carbons (Fsp3) is 0.690. The Morgan fingerprint density at radius 3 is 1.59 bits per heavy atom. The Bertz CT molecular complexity index is 1020. The Morgan fingerprint density at radius 1 is 0.667 bits per heavy atom. The van der Waals surface area contributed by atoms with Crippen molar-refractivity contribution in [2.24, 2.45) is 5.73 Å². The zero-order valence-electron chi connectivity index (χ0n) is 32.3. The van der Waals surface area contributed by atoms with Gasteiger partial charge in [-0.1, -0.05) is 177 Å². The van der Waals surface area contributed by atoms with Crippen LogP contribution in [0.15, 0.2) is 72.9 Å². The second-order valence-corrected chi connectivity index (χ2v) is 14.6. The van der Waals surface area contributed by atoms with Gasteiger partial charge in [0.25, 0.3) is 0 Å². The number of nitrogens with one attached hydrogen (secondary N) is 1. The molecular formula is C42H75N2O6P. The number of allylic oxidation sites excluding steroid dienone is 10. The maximum absolute atomic E-state index is 12.7. The van der Waals surface area contributed by atoms with Crippen LogP contribution in [0.5, 0.6) is 0 Å². The molecule has 0 radical (unpaired) electrons. The van der Waals surface area contributed by atoms with Crippen LogP contribution in [-0.2, 0) is 18.4 Å². The highest BCUT2D eigenvalue weighted by molar-refractivity contribution is 7.47. The SMILES string of the molecule is CC/C=C\C/C=C\C/C=C\C/C=C\C/C=C\CC(=O)NC(COP(=O)(O)OCCN)C(O)/C=C/CCCCCCCCCCCCCCCCC. The van der Waals surface area contributed by atoms with Crippen molar-refractivity contribution in [3.63, 3.8) is 0 Å². The first-order valence-electron chi connectivity index (χ1n) is 20.1. The Labute approximate surface area is 312 Å². The van der Waals surface area contributed by atoms with Crippen molar-refractivity contribution in [3.05, 3.63) is 72.9 Å². The second kappa shape index (κ2) is 37.7. The summed E-state index contributed by atoms with van der Waals surface area (Å²) in [4.78, 5) is 22.6. The van der Waals surface area contributed by atoms with Gasteiger partial charge >= 0.3 is 7.82 Å². The summed E-state index contributed by atoms with van der Waals surface area (Å²) in [6.45, 7) is 3.93. The van der Waals surface area contributed by atoms with E-state index in [1.807, 2.05) is 18.2 Å². The average Bonchev–Trinajstić information content (AvgIpc) is 3.12. The lowest BCUT2D eigenvalue weighted by Crippen LogP contribution is -2.45. The minimum Gasteiger partial charge on any atom is -0.387 e. The van der Waals surface area contributed by atoms with E-state index in [0.29, 0.717) is 6.42 Å². The molecule has 1 amide bonds. The number of unbranched alkanes of at least 4 members (excludes halogenated alkanes) is 15. The lowest BCUT2D eigenvalue weighted by Gasteiger charge is -2.23. The van der Waals surface area contributed by atoms with Gasteiger partial charge in [0.05, 0.1) is 25.4 Å². The Hall–Kier alpha value is -2.06. The lowest BCUT2D eigenvalue weighted by atomic mass is 10.0. The van der Waals surface area contributed by atoms with Crippen molar-refractivity contribution >= 4 is 13.7 Å². The third-order valence-electron chi connectivity index (χ3n) is 8.32. The molecule has 3 atom stereocenters. The zero-order chi connectivity index (χ0) is 37.5. The fourth-order valence-corrected chi connectivity index (χ4v) is 6.08. The molecule has 0 bridgehead atoms. The number of phosphoric acid groups is 1. The van der Waals surface area contributed by atoms with E-state index in [2.05, 4.69) is 61.7 Å². The number of aliphatic hydroxyl groups is 1. The highest BCUT2D eigenvalue weighted by Gasteiger charge is 2.26. The number of hydrogen-bond acceptors (Lipinski definition) is 6. The number of aliphatic hydroxyl groups excluding tert-OH is 1. The molecule has 0 rings (SSSR count). The maximum atomic E-state index is 12.7. The summed E-state index contributed by atoms with van der Waals surface area (Å²) in [7, 11) is -4.36. The van der Waals surface area contributed by atoms with Crippen LogP contribution in [0.4, 0.5) is 0 Å². The highest BCUT2D eigenvalue weighted by Crippen LogP contribution is 2.43. The van der Waals surface area contributed by atoms with Gasteiger partial charge < -0.3 is 21.1 Å². The normalized spacial score (nSPS) is 15.0. The van der Waals surface area contributed by atoms with Gasteiger partial charge in [-0.2, -0.15) is 0 Å². The molecule has 0 aromatic rings. The molecular weight excluding hydrogens is 659 g/mol. The van der Waals surface area contributed by atoms with Gasteiger partial charge in [-0.05, 0) is 44.9 Å². The molecule has 0 saturated heterocycles. The molecule has 0 saturated carbocycles. The van der Waals surface area contributed by atoms with Crippen LogP contribution in [0.2, 0.25) is 0 Å². The quantitative estimate of drug-likeness (QED) is 0.0286. The number of nitrogens with two attached hydrogens (primary N) is 1. The molecule has 9 heteroatoms. The first-order valence-corrected chi connectivity index (χ1v) is 21.6. The topological polar surface area (TPSA) is 131 Å². The number of phosphoric ester groups is 1. The molecule has 0 spiro atoms. The Morgan fingerprint density at radius 2 is 1.12 bits per heavy atom. The van der Waals surface area contributed by atoms with Crippen molar-refractivity contribution < 1.29 is 28.4 Å². The van der Waals surface area contributed by atoms with Crippen LogP contribution in [0.25, 0.3) is 0 Å². The summed E-state index contributed by atoms with van der Waals surface area (Å²) in [6.07, 6.45) is 48.3. The molecule has 294 valence electrons. The summed E-state index contributed by atoms with van der Waals surface area (Å²) in [5.41, 5.74) is 5.35. The maximum Gasteiger partial charge on any atom is 0.472 e. The predicted octanol–water partition coefficient (Wildman–Crippen LogP) is 10.9. The summed E-state index contributed by atoms with van der Waals surface area (Å²) in [5.74, 6) is -0.324. The van der Waals surface area contributed by atoms with Crippen LogP contribution in [0, 0.1) is 0 Å². The largest absolute Gasteiger partial charge is 0.472 e. The minimum absolute atomic E-state index is 0.0615. The third-order valence-corrected chi connectivity index (χ3v) is 9.30. The van der Waals surface area contributed by atoms with Gasteiger partial charge in [-0.15, -0.1) is 0 Å². The van der Waals surface area contributed by atoms with E-state index in [1.165, 1.54) is 83.5 Å². The monoisotopic (exact) mass is 735 g/mol. The molecule has 0 fully saturated rings. The van der Waals surface area contributed by atoms with Gasteiger partial charge in [-0.25, -0.2) is 4.57 Å². The number of amides is 1. The van der Waals surface area contributed by atoms with E-state index in [1.54, 1.807) is 12.2 Å². The smallest absolute Gasteiger partial charge is 0.387 e. The number of carbonyl (C=O) groups is 1. The predicted molar refractivity (Wildman–Crippen MR) is 216 cm³/mol. The molecule has 0 heterocycles. The second-order valence-electron chi connectivity index (χ2n) is 13.1. The van der Waals surface area contributed by atoms with Gasteiger partial charge in [0.15, 0.2) is 0 Å². The molecule has 8 nitrogen and oxygen atoms in total. The van der Waals surface area contributed by atoms with E-state index in [-0.39, 0.29) is 32.1 Å². The average molecular weight is 735 g/mol. The number of hydrogen-bond donors (Lipinski definition) is 4. The molecule has 3 unspecified atom stereocenters. The molecule has 5 N–H and O–H groups in total. The summed E-state index contributed by atoms with van der Waals surface area (Å²) in [5, 5.41) is 13.5. The summed E-state index contributed by atoms with van der Waals surface area (Å²) >= 11 is 0. The Balaban J connectivity index is 4.43. The van der Waals surface area contributed by atoms with Crippen LogP contribution in [-0.4, -0.2) is 47.8 Å². The van der Waals surface area contributed by atoms with Crippen molar-refractivity contribution in [1.82, 2.24) is 5.32 Å². The van der Waals surface area contributed by atoms with Gasteiger partial charge in [-0.3, -0.25) is 13.8 Å². The van der Waals surface area contributed by atoms with Gasteiger partial charge in [0, 0.05) is 13.0 Å².